The molecule has 0 saturated carbocycles. The number of hydrogen-bond donors (Lipinski definition) is 4. The molecule has 2 unspecified atom stereocenters. The second kappa shape index (κ2) is 31.4. The lowest BCUT2D eigenvalue weighted by Gasteiger charge is -2.20. The highest BCUT2D eigenvalue weighted by atomic mass is 35.5. The third-order valence-electron chi connectivity index (χ3n) is 12.0. The van der Waals surface area contributed by atoms with Crippen molar-refractivity contribution in [1.29, 1.82) is 0 Å². The maximum absolute atomic E-state index is 13.7. The number of aromatic amines is 2. The molecule has 6 aromatic heterocycles. The molecule has 0 bridgehead atoms. The van der Waals surface area contributed by atoms with Crippen molar-refractivity contribution >= 4 is 69.1 Å². The molecule has 83 heavy (non-hydrogen) atoms. The lowest BCUT2D eigenvalue weighted by atomic mass is 10.0. The van der Waals surface area contributed by atoms with Crippen molar-refractivity contribution in [3.8, 4) is 11.4 Å². The van der Waals surface area contributed by atoms with E-state index >= 15 is 0 Å². The third kappa shape index (κ3) is 18.0. The van der Waals surface area contributed by atoms with Gasteiger partial charge in [0, 0.05) is 32.5 Å². The van der Waals surface area contributed by atoms with Crippen LogP contribution in [0.5, 0.6) is 0 Å². The van der Waals surface area contributed by atoms with E-state index in [4.69, 9.17) is 42.9 Å². The number of ether oxygens (including phenoxy) is 4. The fraction of sp³-hybridized carbons (Fsp3) is 0.404. The molecule has 8 heterocycles. The van der Waals surface area contributed by atoms with Gasteiger partial charge in [-0.05, 0) is 113 Å². The van der Waals surface area contributed by atoms with E-state index in [9.17, 15) is 47.1 Å². The van der Waals surface area contributed by atoms with E-state index in [1.165, 1.54) is 59.1 Å². The molecule has 26 heteroatoms. The number of carbonyl (C=O) groups is 4. The fourth-order valence-electron chi connectivity index (χ4n) is 8.10. The molecule has 0 spiro atoms. The standard InChI is InChI=1S/2C16H14ClFN4O2.C13H12O8.2C5H10O.2CH4/c2*1-7(2)11-12(8(3)4-5-19-11)22-14-9(15(23)21-16(22)24)6-10(18)13(17)20-14;1-7(14)20-9(11(15)16)10(12(17)18)21-13(19)8-5-3-2-4-6-8;2*1-5-3-2-4-6-5;;/h2*4-7H,1-3H3,(H,21,23,24);2-6,9-10H,1H3,(H,15,16)(H,17,18);2*5H,2-4H2,1H3;2*1H4/t;;9-,10-;;;;/m..0..../s1. The van der Waals surface area contributed by atoms with Gasteiger partial charge >= 0.3 is 35.3 Å². The number of carbonyl (C=O) groups excluding carboxylic acids is 2. The van der Waals surface area contributed by atoms with Gasteiger partial charge in [-0.15, -0.1) is 0 Å². The van der Waals surface area contributed by atoms with E-state index in [2.05, 4.69) is 53.2 Å². The van der Waals surface area contributed by atoms with E-state index in [-0.39, 0.29) is 54.3 Å². The molecular weight excluding hydrogens is 1130 g/mol. The normalized spacial score (nSPS) is 14.8. The van der Waals surface area contributed by atoms with Gasteiger partial charge in [0.15, 0.2) is 33.2 Å². The van der Waals surface area contributed by atoms with Crippen LogP contribution in [-0.2, 0) is 33.3 Å². The van der Waals surface area contributed by atoms with Crippen LogP contribution in [0.15, 0.2) is 86.2 Å². The van der Waals surface area contributed by atoms with Crippen molar-refractivity contribution in [2.75, 3.05) is 13.2 Å². The van der Waals surface area contributed by atoms with Crippen molar-refractivity contribution in [2.24, 2.45) is 0 Å². The van der Waals surface area contributed by atoms with Crippen LogP contribution in [-0.4, -0.2) is 111 Å². The summed E-state index contributed by atoms with van der Waals surface area (Å²) in [6.45, 7) is 18.5. The summed E-state index contributed by atoms with van der Waals surface area (Å²) in [4.78, 5) is 115. The molecule has 22 nitrogen and oxygen atoms in total. The zero-order valence-electron chi connectivity index (χ0n) is 45.5. The minimum absolute atomic E-state index is 0. The van der Waals surface area contributed by atoms with E-state index in [1.807, 2.05) is 41.5 Å². The molecular formula is C57H68Cl2F2N8O14. The first-order valence-corrected chi connectivity index (χ1v) is 26.0. The van der Waals surface area contributed by atoms with Gasteiger partial charge < -0.3 is 29.2 Å². The Labute approximate surface area is 485 Å². The average Bonchev–Trinajstić information content (AvgIpc) is 4.15. The lowest BCUT2D eigenvalue weighted by molar-refractivity contribution is -0.177. The number of fused-ring (bicyclic) bond motifs is 2. The SMILES string of the molecule is C.C.CC(=O)O[C@H](C(=O)O)[C@H](OC(=O)c1ccccc1)C(=O)O.CC1CCCO1.CC1CCCO1.Cc1ccnc(C(C)C)c1-n1c(=O)[nH]c(=O)c2cc(F)c(Cl)nc21.Cc1ccnc(C(C)C)c1-n1c(=O)[nH]c(=O)c2cc(F)c(Cl)nc21. The molecule has 2 aliphatic rings. The van der Waals surface area contributed by atoms with Gasteiger partial charge in [0.1, 0.15) is 0 Å². The van der Waals surface area contributed by atoms with Gasteiger partial charge in [-0.2, -0.15) is 0 Å². The Balaban J connectivity index is 0.000000292. The van der Waals surface area contributed by atoms with Gasteiger partial charge in [0.25, 0.3) is 11.1 Å². The van der Waals surface area contributed by atoms with Crippen molar-refractivity contribution in [2.45, 2.75) is 139 Å². The van der Waals surface area contributed by atoms with Crippen molar-refractivity contribution in [3.63, 3.8) is 0 Å². The Kier molecular flexibility index (Phi) is 26.2. The molecule has 2 saturated heterocycles. The molecule has 0 radical (unpaired) electrons. The molecule has 0 aliphatic carbocycles. The minimum atomic E-state index is -2.15. The summed E-state index contributed by atoms with van der Waals surface area (Å²) in [6, 6.07) is 12.8. The Morgan fingerprint density at radius 3 is 1.36 bits per heavy atom. The van der Waals surface area contributed by atoms with Crippen molar-refractivity contribution in [1.82, 2.24) is 39.0 Å². The Hall–Kier alpha value is -8.06. The average molecular weight is 1200 g/mol. The number of aliphatic carboxylic acids is 2. The van der Waals surface area contributed by atoms with E-state index in [0.29, 0.717) is 35.0 Å². The second-order valence-electron chi connectivity index (χ2n) is 19.0. The number of carboxylic acid groups (broad SMARTS) is 2. The summed E-state index contributed by atoms with van der Waals surface area (Å²) < 4.78 is 49.2. The van der Waals surface area contributed by atoms with Crippen molar-refractivity contribution in [3.05, 3.63) is 159 Å². The number of H-pyrrole nitrogens is 2. The summed E-state index contributed by atoms with van der Waals surface area (Å²) in [7, 11) is 0. The molecule has 1 aromatic carbocycles. The van der Waals surface area contributed by atoms with Crippen LogP contribution in [0.3, 0.4) is 0 Å². The van der Waals surface area contributed by atoms with Crippen LogP contribution >= 0.6 is 23.2 Å². The largest absolute Gasteiger partial charge is 0.478 e. The van der Waals surface area contributed by atoms with Crippen LogP contribution < -0.4 is 22.5 Å². The number of aryl methyl sites for hydroxylation is 2. The predicted octanol–water partition coefficient (Wildman–Crippen LogP) is 9.34. The van der Waals surface area contributed by atoms with Crippen LogP contribution in [0.2, 0.25) is 10.3 Å². The van der Waals surface area contributed by atoms with Gasteiger partial charge in [-0.25, -0.2) is 51.9 Å². The van der Waals surface area contributed by atoms with Crippen LogP contribution in [0.1, 0.15) is 134 Å². The highest BCUT2D eigenvalue weighted by Gasteiger charge is 2.40. The number of halogens is 4. The number of hydrogen-bond acceptors (Lipinski definition) is 16. The van der Waals surface area contributed by atoms with E-state index in [1.54, 1.807) is 30.6 Å². The molecule has 0 amide bonds. The first-order valence-electron chi connectivity index (χ1n) is 25.3. The Bertz CT molecular complexity index is 3470. The molecule has 7 aromatic rings. The molecule has 9 rings (SSSR count). The number of esters is 2. The third-order valence-corrected chi connectivity index (χ3v) is 12.6. The Morgan fingerprint density at radius 1 is 0.663 bits per heavy atom. The van der Waals surface area contributed by atoms with Crippen LogP contribution in [0.25, 0.3) is 33.4 Å². The number of rotatable bonds is 10. The zero-order valence-corrected chi connectivity index (χ0v) is 47.1. The first-order chi connectivity index (χ1) is 38.2. The Morgan fingerprint density at radius 2 is 1.05 bits per heavy atom. The lowest BCUT2D eigenvalue weighted by Crippen LogP contribution is -2.45. The molecule has 2 fully saturated rings. The van der Waals surface area contributed by atoms with Crippen molar-refractivity contribution < 1.29 is 57.1 Å². The smallest absolute Gasteiger partial charge is 0.349 e. The molecule has 2 aliphatic heterocycles. The van der Waals surface area contributed by atoms with Crippen LogP contribution in [0.4, 0.5) is 8.78 Å². The molecule has 448 valence electrons. The quantitative estimate of drug-likeness (QED) is 0.0732. The maximum Gasteiger partial charge on any atom is 0.349 e. The number of carboxylic acids is 2. The number of nitrogens with one attached hydrogen (secondary N) is 2. The summed E-state index contributed by atoms with van der Waals surface area (Å²) in [5.74, 6) is -7.15. The molecule has 4 atom stereocenters. The maximum atomic E-state index is 13.7. The van der Waals surface area contributed by atoms with E-state index < -0.39 is 80.5 Å². The first kappa shape index (κ1) is 69.2. The summed E-state index contributed by atoms with van der Waals surface area (Å²) in [6.07, 6.45) is 5.16. The highest BCUT2D eigenvalue weighted by molar-refractivity contribution is 6.30. The monoisotopic (exact) mass is 1200 g/mol. The number of aromatic nitrogens is 8. The van der Waals surface area contributed by atoms with Crippen LogP contribution in [0, 0.1) is 25.5 Å². The van der Waals surface area contributed by atoms with Gasteiger partial charge in [-0.1, -0.05) is 83.9 Å². The number of benzene rings is 1. The van der Waals surface area contributed by atoms with E-state index in [0.717, 1.165) is 43.4 Å². The van der Waals surface area contributed by atoms with Gasteiger partial charge in [0.05, 0.1) is 51.3 Å². The zero-order chi connectivity index (χ0) is 60.0. The van der Waals surface area contributed by atoms with Gasteiger partial charge in [-0.3, -0.25) is 34.3 Å². The number of nitrogens with zero attached hydrogens (tertiary/aromatic N) is 6. The minimum Gasteiger partial charge on any atom is -0.478 e. The number of pyridine rings is 4. The van der Waals surface area contributed by atoms with Gasteiger partial charge in [0.2, 0.25) is 12.2 Å². The fourth-order valence-corrected chi connectivity index (χ4v) is 8.37. The predicted molar refractivity (Wildman–Crippen MR) is 308 cm³/mol. The highest BCUT2D eigenvalue weighted by Crippen LogP contribution is 2.28. The summed E-state index contributed by atoms with van der Waals surface area (Å²) in [5, 5.41) is 16.9. The molecule has 4 N–H and O–H groups in total. The second-order valence-corrected chi connectivity index (χ2v) is 19.7. The summed E-state index contributed by atoms with van der Waals surface area (Å²) in [5.41, 5.74) is 1.10. The summed E-state index contributed by atoms with van der Waals surface area (Å²) >= 11 is 11.5. The topological polar surface area (TPSA) is 307 Å².